The predicted molar refractivity (Wildman–Crippen MR) is 177 cm³/mol. The summed E-state index contributed by atoms with van der Waals surface area (Å²) in [6, 6.07) is 0. The molecule has 230 valence electrons. The van der Waals surface area contributed by atoms with Crippen molar-refractivity contribution in [2.45, 2.75) is 225 Å². The molecule has 0 heterocycles. The molecule has 1 heteroatoms. The topological polar surface area (TPSA) is 12.0 Å². The zero-order valence-corrected chi connectivity index (χ0v) is 27.2. The van der Waals surface area contributed by atoms with Crippen LogP contribution in [0, 0.1) is 0 Å². The van der Waals surface area contributed by atoms with Gasteiger partial charge in [0.2, 0.25) is 0 Å². The molecule has 0 aromatic carbocycles. The Morgan fingerprint density at radius 3 is 0.553 bits per heavy atom. The van der Waals surface area contributed by atoms with Gasteiger partial charge >= 0.3 is 0 Å². The fourth-order valence-electron chi connectivity index (χ4n) is 6.03. The van der Waals surface area contributed by atoms with Crippen LogP contribution in [0.25, 0.3) is 0 Å². The molecule has 0 aliphatic heterocycles. The summed E-state index contributed by atoms with van der Waals surface area (Å²) in [6.07, 6.45) is 50.2. The van der Waals surface area contributed by atoms with E-state index in [0.29, 0.717) is 0 Å². The molecule has 0 bridgehead atoms. The molecule has 0 spiro atoms. The maximum Gasteiger partial charge on any atom is -0.00519 e. The molecule has 0 atom stereocenters. The molecule has 0 radical (unpaired) electrons. The fraction of sp³-hybridized carbons (Fsp3) is 1.00. The van der Waals surface area contributed by atoms with Crippen molar-refractivity contribution in [3.8, 4) is 0 Å². The van der Waals surface area contributed by atoms with Crippen molar-refractivity contribution in [2.24, 2.45) is 0 Å². The summed E-state index contributed by atoms with van der Waals surface area (Å²) < 4.78 is 0. The lowest BCUT2D eigenvalue weighted by molar-refractivity contribution is 0.511. The predicted octanol–water partition coefficient (Wildman–Crippen LogP) is 13.5. The Labute approximate surface area is 243 Å². The van der Waals surface area contributed by atoms with Crippen molar-refractivity contribution in [1.29, 1.82) is 0 Å². The first-order valence-corrected chi connectivity index (χ1v) is 18.6. The minimum absolute atomic E-state index is 1.19. The Bertz CT molecular complexity index is 343. The van der Waals surface area contributed by atoms with Crippen molar-refractivity contribution >= 4 is 0 Å². The van der Waals surface area contributed by atoms with E-state index >= 15 is 0 Å². The normalized spacial score (nSPS) is 11.5. The smallest absolute Gasteiger partial charge is 0.00519 e. The lowest BCUT2D eigenvalue weighted by atomic mass is 10.0. The van der Waals surface area contributed by atoms with Crippen LogP contribution in [-0.2, 0) is 0 Å². The van der Waals surface area contributed by atoms with Gasteiger partial charge in [-0.05, 0) is 20.0 Å². The van der Waals surface area contributed by atoms with Crippen LogP contribution in [-0.4, -0.2) is 13.6 Å². The SMILES string of the molecule is CCCCCCCCCCCCCCCCCCCCCCCCCCCCCCCCCCCCNC. The number of rotatable bonds is 35. The second-order valence-corrected chi connectivity index (χ2v) is 12.8. The summed E-state index contributed by atoms with van der Waals surface area (Å²) in [7, 11) is 2.06. The van der Waals surface area contributed by atoms with Gasteiger partial charge in [-0.15, -0.1) is 0 Å². The van der Waals surface area contributed by atoms with E-state index < -0.39 is 0 Å². The molecule has 0 saturated heterocycles. The van der Waals surface area contributed by atoms with Gasteiger partial charge < -0.3 is 5.32 Å². The van der Waals surface area contributed by atoms with Gasteiger partial charge in [-0.2, -0.15) is 0 Å². The van der Waals surface area contributed by atoms with Crippen molar-refractivity contribution < 1.29 is 0 Å². The third kappa shape index (κ3) is 36.0. The van der Waals surface area contributed by atoms with E-state index in [4.69, 9.17) is 0 Å². The Morgan fingerprint density at radius 2 is 0.395 bits per heavy atom. The van der Waals surface area contributed by atoms with Gasteiger partial charge in [0.1, 0.15) is 0 Å². The summed E-state index contributed by atoms with van der Waals surface area (Å²) in [5.41, 5.74) is 0. The van der Waals surface area contributed by atoms with E-state index in [2.05, 4.69) is 19.3 Å². The van der Waals surface area contributed by atoms with E-state index in [9.17, 15) is 0 Å². The summed E-state index contributed by atoms with van der Waals surface area (Å²) in [5, 5.41) is 3.24. The Kier molecular flexibility index (Phi) is 36.9. The minimum atomic E-state index is 1.19. The molecule has 1 nitrogen and oxygen atoms in total. The van der Waals surface area contributed by atoms with E-state index in [1.807, 2.05) is 0 Å². The van der Waals surface area contributed by atoms with E-state index in [1.165, 1.54) is 225 Å². The molecule has 1 N–H and O–H groups in total. The number of hydrogen-bond acceptors (Lipinski definition) is 1. The number of hydrogen-bond donors (Lipinski definition) is 1. The van der Waals surface area contributed by atoms with Crippen molar-refractivity contribution in [3.63, 3.8) is 0 Å². The van der Waals surface area contributed by atoms with Crippen LogP contribution in [0.2, 0.25) is 0 Å². The van der Waals surface area contributed by atoms with Crippen LogP contribution in [0.3, 0.4) is 0 Å². The van der Waals surface area contributed by atoms with Gasteiger partial charge in [0.25, 0.3) is 0 Å². The van der Waals surface area contributed by atoms with Crippen molar-refractivity contribution in [2.75, 3.05) is 13.6 Å². The van der Waals surface area contributed by atoms with Crippen LogP contribution in [0.5, 0.6) is 0 Å². The maximum absolute atomic E-state index is 3.24. The average Bonchev–Trinajstić information content (AvgIpc) is 2.93. The van der Waals surface area contributed by atoms with Crippen molar-refractivity contribution in [3.05, 3.63) is 0 Å². The number of unbranched alkanes of at least 4 members (excludes halogenated alkanes) is 33. The Hall–Kier alpha value is -0.0400. The average molecular weight is 536 g/mol. The van der Waals surface area contributed by atoms with Crippen LogP contribution in [0.4, 0.5) is 0 Å². The molecule has 0 aliphatic carbocycles. The molecule has 0 aliphatic rings. The quantitative estimate of drug-likeness (QED) is 0.0795. The fourth-order valence-corrected chi connectivity index (χ4v) is 6.03. The highest BCUT2D eigenvalue weighted by atomic mass is 14.8. The zero-order valence-electron chi connectivity index (χ0n) is 27.2. The van der Waals surface area contributed by atoms with Crippen LogP contribution < -0.4 is 5.32 Å². The summed E-state index contributed by atoms with van der Waals surface area (Å²) in [6.45, 7) is 3.50. The van der Waals surface area contributed by atoms with Crippen molar-refractivity contribution in [1.82, 2.24) is 5.32 Å². The first kappa shape index (κ1) is 38.0. The molecule has 0 rings (SSSR count). The second-order valence-electron chi connectivity index (χ2n) is 12.8. The Morgan fingerprint density at radius 1 is 0.237 bits per heavy atom. The van der Waals surface area contributed by atoms with Gasteiger partial charge in [-0.1, -0.05) is 219 Å². The lowest BCUT2D eigenvalue weighted by Crippen LogP contribution is -2.06. The molecule has 0 saturated carbocycles. The van der Waals surface area contributed by atoms with Gasteiger partial charge in [-0.3, -0.25) is 0 Å². The highest BCUT2D eigenvalue weighted by molar-refractivity contribution is 4.53. The Balaban J connectivity index is 3.01. The third-order valence-corrected chi connectivity index (χ3v) is 8.78. The maximum atomic E-state index is 3.24. The molecule has 0 aromatic heterocycles. The molecule has 0 unspecified atom stereocenters. The van der Waals surface area contributed by atoms with E-state index in [-0.39, 0.29) is 0 Å². The monoisotopic (exact) mass is 536 g/mol. The summed E-state index contributed by atoms with van der Waals surface area (Å²) in [5.74, 6) is 0. The van der Waals surface area contributed by atoms with Crippen LogP contribution in [0.15, 0.2) is 0 Å². The summed E-state index contributed by atoms with van der Waals surface area (Å²) in [4.78, 5) is 0. The first-order valence-electron chi connectivity index (χ1n) is 18.6. The highest BCUT2D eigenvalue weighted by Crippen LogP contribution is 2.17. The van der Waals surface area contributed by atoms with E-state index in [0.717, 1.165) is 0 Å². The van der Waals surface area contributed by atoms with Gasteiger partial charge in [-0.25, -0.2) is 0 Å². The van der Waals surface area contributed by atoms with Crippen LogP contribution >= 0.6 is 0 Å². The van der Waals surface area contributed by atoms with Crippen LogP contribution in [0.1, 0.15) is 225 Å². The second kappa shape index (κ2) is 37.0. The molecular formula is C37H77N. The molecule has 0 amide bonds. The molecule has 0 aromatic rings. The summed E-state index contributed by atoms with van der Waals surface area (Å²) >= 11 is 0. The zero-order chi connectivity index (χ0) is 27.5. The molecular weight excluding hydrogens is 458 g/mol. The molecule has 38 heavy (non-hydrogen) atoms. The largest absolute Gasteiger partial charge is 0.320 e. The van der Waals surface area contributed by atoms with Gasteiger partial charge in [0.05, 0.1) is 0 Å². The lowest BCUT2D eigenvalue weighted by Gasteiger charge is -2.05. The third-order valence-electron chi connectivity index (χ3n) is 8.78. The highest BCUT2D eigenvalue weighted by Gasteiger charge is 1.97. The molecule has 0 fully saturated rings. The van der Waals surface area contributed by atoms with E-state index in [1.54, 1.807) is 0 Å². The standard InChI is InChI=1S/C37H77N/c1-3-4-5-6-7-8-9-10-11-12-13-14-15-16-17-18-19-20-21-22-23-24-25-26-27-28-29-30-31-32-33-34-35-36-37-38-2/h38H,3-37H2,1-2H3. The number of nitrogens with one attached hydrogen (secondary N) is 1. The first-order chi connectivity index (χ1) is 18.9. The minimum Gasteiger partial charge on any atom is -0.320 e. The van der Waals surface area contributed by atoms with Gasteiger partial charge in [0, 0.05) is 0 Å². The van der Waals surface area contributed by atoms with Gasteiger partial charge in [0.15, 0.2) is 0 Å².